The quantitative estimate of drug-likeness (QED) is 0.342. The number of carbonyl (C=O) groups is 3. The Morgan fingerprint density at radius 3 is 2.35 bits per heavy atom. The number of amides is 2. The van der Waals surface area contributed by atoms with Crippen molar-refractivity contribution in [3.05, 3.63) is 75.1 Å². The SMILES string of the molecule is COc1ccc2c(C)c(CCC(=O)OCN3C(=O)c4ccccc4C3=O)c(=O)oc2c1. The van der Waals surface area contributed by atoms with E-state index in [-0.39, 0.29) is 24.0 Å². The summed E-state index contributed by atoms with van der Waals surface area (Å²) in [5, 5.41) is 0.745. The number of rotatable bonds is 6. The van der Waals surface area contributed by atoms with Gasteiger partial charge in [0, 0.05) is 23.4 Å². The Labute approximate surface area is 177 Å². The van der Waals surface area contributed by atoms with Gasteiger partial charge in [0.15, 0.2) is 6.73 Å². The maximum atomic E-state index is 12.4. The van der Waals surface area contributed by atoms with Crippen LogP contribution in [0.5, 0.6) is 5.75 Å². The number of imide groups is 1. The zero-order valence-electron chi connectivity index (χ0n) is 17.0. The molecule has 0 aliphatic carbocycles. The minimum atomic E-state index is -0.634. The van der Waals surface area contributed by atoms with Crippen molar-refractivity contribution < 1.29 is 28.3 Å². The number of benzene rings is 2. The largest absolute Gasteiger partial charge is 0.497 e. The third-order valence-corrected chi connectivity index (χ3v) is 5.31. The molecule has 3 aromatic rings. The van der Waals surface area contributed by atoms with Crippen molar-refractivity contribution in [2.24, 2.45) is 0 Å². The van der Waals surface area contributed by atoms with Gasteiger partial charge >= 0.3 is 11.6 Å². The van der Waals surface area contributed by atoms with E-state index in [0.29, 0.717) is 22.5 Å². The van der Waals surface area contributed by atoms with Crippen LogP contribution in [-0.4, -0.2) is 36.5 Å². The molecule has 2 aromatic carbocycles. The number of hydrogen-bond donors (Lipinski definition) is 0. The standard InChI is InChI=1S/C23H19NO7/c1-13-15-8-7-14(29-2)11-19(15)31-23(28)16(13)9-10-20(25)30-12-24-21(26)17-5-3-4-6-18(17)22(24)27/h3-8,11H,9-10,12H2,1-2H3. The molecule has 0 atom stereocenters. The molecule has 1 aliphatic rings. The number of ether oxygens (including phenoxy) is 2. The minimum absolute atomic E-state index is 0.101. The van der Waals surface area contributed by atoms with Crippen molar-refractivity contribution in [1.82, 2.24) is 4.90 Å². The van der Waals surface area contributed by atoms with Crippen LogP contribution in [-0.2, 0) is 16.0 Å². The molecule has 4 rings (SSSR count). The Morgan fingerprint density at radius 1 is 1.03 bits per heavy atom. The lowest BCUT2D eigenvalue weighted by molar-refractivity contribution is -0.146. The molecular formula is C23H19NO7. The normalized spacial score (nSPS) is 12.9. The molecule has 0 bridgehead atoms. The lowest BCUT2D eigenvalue weighted by Crippen LogP contribution is -2.33. The highest BCUT2D eigenvalue weighted by atomic mass is 16.5. The Kier molecular flexibility index (Phi) is 5.29. The summed E-state index contributed by atoms with van der Waals surface area (Å²) in [6.07, 6.45) is 0.00746. The minimum Gasteiger partial charge on any atom is -0.497 e. The van der Waals surface area contributed by atoms with Crippen LogP contribution in [0.3, 0.4) is 0 Å². The summed E-state index contributed by atoms with van der Waals surface area (Å²) in [5.41, 5.74) is 1.51. The predicted molar refractivity (Wildman–Crippen MR) is 110 cm³/mol. The second kappa shape index (κ2) is 8.06. The number of nitrogens with zero attached hydrogens (tertiary/aromatic N) is 1. The number of aryl methyl sites for hydroxylation is 1. The Morgan fingerprint density at radius 2 is 1.71 bits per heavy atom. The smallest absolute Gasteiger partial charge is 0.339 e. The van der Waals surface area contributed by atoms with Crippen LogP contribution in [0.1, 0.15) is 38.3 Å². The van der Waals surface area contributed by atoms with Gasteiger partial charge in [-0.25, -0.2) is 9.69 Å². The molecule has 1 aromatic heterocycles. The summed E-state index contributed by atoms with van der Waals surface area (Å²) in [5.74, 6) is -1.07. The Balaban J connectivity index is 1.42. The van der Waals surface area contributed by atoms with E-state index in [4.69, 9.17) is 13.9 Å². The van der Waals surface area contributed by atoms with Crippen LogP contribution in [0.15, 0.2) is 51.7 Å². The fraction of sp³-hybridized carbons (Fsp3) is 0.217. The summed E-state index contributed by atoms with van der Waals surface area (Å²) in [4.78, 5) is 50.1. The number of hydrogen-bond acceptors (Lipinski definition) is 7. The van der Waals surface area contributed by atoms with Crippen molar-refractivity contribution in [1.29, 1.82) is 0 Å². The molecular weight excluding hydrogens is 402 g/mol. The fourth-order valence-electron chi connectivity index (χ4n) is 3.58. The van der Waals surface area contributed by atoms with Crippen molar-refractivity contribution in [2.75, 3.05) is 13.8 Å². The molecule has 0 unspecified atom stereocenters. The Hall–Kier alpha value is -3.94. The van der Waals surface area contributed by atoms with E-state index in [9.17, 15) is 19.2 Å². The van der Waals surface area contributed by atoms with E-state index in [1.54, 1.807) is 49.4 Å². The molecule has 8 heteroatoms. The molecule has 158 valence electrons. The average molecular weight is 421 g/mol. The topological polar surface area (TPSA) is 103 Å². The summed E-state index contributed by atoms with van der Waals surface area (Å²) < 4.78 is 15.6. The second-order valence-corrected chi connectivity index (χ2v) is 7.08. The van der Waals surface area contributed by atoms with E-state index >= 15 is 0 Å². The van der Waals surface area contributed by atoms with Crippen LogP contribution in [0.4, 0.5) is 0 Å². The predicted octanol–water partition coefficient (Wildman–Crippen LogP) is 2.84. The van der Waals surface area contributed by atoms with Crippen molar-refractivity contribution in [3.63, 3.8) is 0 Å². The molecule has 0 saturated heterocycles. The van der Waals surface area contributed by atoms with Gasteiger partial charge in [0.05, 0.1) is 18.2 Å². The first-order valence-corrected chi connectivity index (χ1v) is 9.62. The number of esters is 1. The van der Waals surface area contributed by atoms with E-state index in [2.05, 4.69) is 0 Å². The van der Waals surface area contributed by atoms with Crippen LogP contribution in [0, 0.1) is 6.92 Å². The second-order valence-electron chi connectivity index (χ2n) is 7.08. The molecule has 0 N–H and O–H groups in total. The summed E-state index contributed by atoms with van der Waals surface area (Å²) in [6, 6.07) is 11.6. The highest BCUT2D eigenvalue weighted by molar-refractivity contribution is 6.21. The van der Waals surface area contributed by atoms with Crippen molar-refractivity contribution in [2.45, 2.75) is 19.8 Å². The number of fused-ring (bicyclic) bond motifs is 2. The highest BCUT2D eigenvalue weighted by Crippen LogP contribution is 2.25. The van der Waals surface area contributed by atoms with Crippen molar-refractivity contribution >= 4 is 28.8 Å². The van der Waals surface area contributed by atoms with E-state index < -0.39 is 30.1 Å². The van der Waals surface area contributed by atoms with Crippen LogP contribution >= 0.6 is 0 Å². The van der Waals surface area contributed by atoms with E-state index in [1.165, 1.54) is 7.11 Å². The van der Waals surface area contributed by atoms with Gasteiger partial charge in [0.1, 0.15) is 11.3 Å². The molecule has 2 heterocycles. The molecule has 8 nitrogen and oxygen atoms in total. The maximum absolute atomic E-state index is 12.4. The molecule has 1 aliphatic heterocycles. The third-order valence-electron chi connectivity index (χ3n) is 5.31. The monoisotopic (exact) mass is 421 g/mol. The molecule has 2 amide bonds. The zero-order valence-corrected chi connectivity index (χ0v) is 17.0. The number of carbonyl (C=O) groups excluding carboxylic acids is 3. The van der Waals surface area contributed by atoms with Gasteiger partial charge in [0.2, 0.25) is 0 Å². The third kappa shape index (κ3) is 3.68. The first-order valence-electron chi connectivity index (χ1n) is 9.62. The van der Waals surface area contributed by atoms with Crippen LogP contribution in [0.25, 0.3) is 11.0 Å². The van der Waals surface area contributed by atoms with Crippen LogP contribution < -0.4 is 10.4 Å². The van der Waals surface area contributed by atoms with Gasteiger partial charge in [-0.2, -0.15) is 0 Å². The zero-order chi connectivity index (χ0) is 22.1. The van der Waals surface area contributed by atoms with Gasteiger partial charge in [-0.1, -0.05) is 12.1 Å². The summed E-state index contributed by atoms with van der Waals surface area (Å²) >= 11 is 0. The summed E-state index contributed by atoms with van der Waals surface area (Å²) in [6.45, 7) is 1.31. The molecule has 0 spiro atoms. The van der Waals surface area contributed by atoms with E-state index in [1.807, 2.05) is 0 Å². The van der Waals surface area contributed by atoms with Gasteiger partial charge in [-0.15, -0.1) is 0 Å². The van der Waals surface area contributed by atoms with Gasteiger partial charge < -0.3 is 13.9 Å². The first kappa shape index (κ1) is 20.3. The average Bonchev–Trinajstić information content (AvgIpc) is 3.01. The Bertz CT molecular complexity index is 1240. The maximum Gasteiger partial charge on any atom is 0.339 e. The fourth-order valence-corrected chi connectivity index (χ4v) is 3.58. The lowest BCUT2D eigenvalue weighted by atomic mass is 10.0. The van der Waals surface area contributed by atoms with Gasteiger partial charge in [0.25, 0.3) is 11.8 Å². The molecule has 0 fully saturated rings. The lowest BCUT2D eigenvalue weighted by Gasteiger charge is -2.14. The molecule has 0 saturated carbocycles. The molecule has 0 radical (unpaired) electrons. The van der Waals surface area contributed by atoms with Crippen LogP contribution in [0.2, 0.25) is 0 Å². The van der Waals surface area contributed by atoms with Gasteiger partial charge in [-0.3, -0.25) is 14.4 Å². The van der Waals surface area contributed by atoms with Gasteiger partial charge in [-0.05, 0) is 43.2 Å². The highest BCUT2D eigenvalue weighted by Gasteiger charge is 2.35. The number of methoxy groups -OCH3 is 1. The molecule has 31 heavy (non-hydrogen) atoms. The first-order chi connectivity index (χ1) is 14.9. The summed E-state index contributed by atoms with van der Waals surface area (Å²) in [7, 11) is 1.52. The van der Waals surface area contributed by atoms with Crippen molar-refractivity contribution in [3.8, 4) is 5.75 Å². The van der Waals surface area contributed by atoms with E-state index in [0.717, 1.165) is 10.3 Å².